The van der Waals surface area contributed by atoms with Crippen molar-refractivity contribution >= 4 is 17.3 Å². The molecule has 0 radical (unpaired) electrons. The number of anilines is 1. The molecular weight excluding hydrogens is 275 g/mol. The van der Waals surface area contributed by atoms with Gasteiger partial charge in [-0.05, 0) is 36.8 Å². The number of nitrogens with one attached hydrogen (secondary N) is 1. The van der Waals surface area contributed by atoms with E-state index in [0.717, 1.165) is 18.2 Å². The lowest BCUT2D eigenvalue weighted by Gasteiger charge is -2.18. The molecule has 5 heteroatoms. The van der Waals surface area contributed by atoms with Gasteiger partial charge in [-0.2, -0.15) is 0 Å². The smallest absolute Gasteiger partial charge is 0.149 e. The summed E-state index contributed by atoms with van der Waals surface area (Å²) in [5, 5.41) is 2.90. The molecule has 0 aliphatic carbocycles. The zero-order valence-electron chi connectivity index (χ0n) is 10.1. The van der Waals surface area contributed by atoms with Crippen LogP contribution in [0.3, 0.4) is 0 Å². The standard InChI is InChI=1S/C14H11ClF3N/c1-8(10-6-5-9(16)7-11(10)15)19-14-12(17)3-2-4-13(14)18/h2-8,19H,1H3. The molecule has 0 bridgehead atoms. The Morgan fingerprint density at radius 1 is 1.05 bits per heavy atom. The lowest BCUT2D eigenvalue weighted by atomic mass is 10.1. The highest BCUT2D eigenvalue weighted by Crippen LogP contribution is 2.28. The number of hydrogen-bond donors (Lipinski definition) is 1. The van der Waals surface area contributed by atoms with Crippen LogP contribution in [0.4, 0.5) is 18.9 Å². The minimum Gasteiger partial charge on any atom is -0.374 e. The largest absolute Gasteiger partial charge is 0.374 e. The Balaban J connectivity index is 2.28. The molecule has 1 nitrogen and oxygen atoms in total. The Morgan fingerprint density at radius 3 is 2.26 bits per heavy atom. The molecule has 1 atom stereocenters. The van der Waals surface area contributed by atoms with Crippen molar-refractivity contribution in [3.8, 4) is 0 Å². The average Bonchev–Trinajstić information content (AvgIpc) is 2.33. The van der Waals surface area contributed by atoms with Gasteiger partial charge in [-0.25, -0.2) is 13.2 Å². The van der Waals surface area contributed by atoms with Crippen LogP contribution in [0.1, 0.15) is 18.5 Å². The fourth-order valence-electron chi connectivity index (χ4n) is 1.78. The van der Waals surface area contributed by atoms with Gasteiger partial charge < -0.3 is 5.32 Å². The second-order valence-corrected chi connectivity index (χ2v) is 4.54. The van der Waals surface area contributed by atoms with Gasteiger partial charge in [-0.3, -0.25) is 0 Å². The number of halogens is 4. The van der Waals surface area contributed by atoms with E-state index in [4.69, 9.17) is 11.6 Å². The zero-order valence-corrected chi connectivity index (χ0v) is 10.8. The molecule has 0 fully saturated rings. The van der Waals surface area contributed by atoms with Gasteiger partial charge in [0.25, 0.3) is 0 Å². The predicted octanol–water partition coefficient (Wildman–Crippen LogP) is 4.93. The van der Waals surface area contributed by atoms with Gasteiger partial charge in [0, 0.05) is 5.02 Å². The first kappa shape index (κ1) is 13.7. The van der Waals surface area contributed by atoms with Crippen molar-refractivity contribution in [1.82, 2.24) is 0 Å². The van der Waals surface area contributed by atoms with Gasteiger partial charge in [0.1, 0.15) is 23.1 Å². The van der Waals surface area contributed by atoms with E-state index < -0.39 is 23.5 Å². The van der Waals surface area contributed by atoms with Crippen LogP contribution < -0.4 is 5.32 Å². The molecule has 0 saturated carbocycles. The number of benzene rings is 2. The second kappa shape index (κ2) is 5.53. The van der Waals surface area contributed by atoms with Crippen molar-refractivity contribution in [2.45, 2.75) is 13.0 Å². The molecule has 0 saturated heterocycles. The maximum atomic E-state index is 13.5. The molecule has 2 aromatic rings. The molecule has 0 aliphatic heterocycles. The molecule has 0 heterocycles. The highest BCUT2D eigenvalue weighted by atomic mass is 35.5. The first-order chi connectivity index (χ1) is 8.99. The summed E-state index contributed by atoms with van der Waals surface area (Å²) < 4.78 is 39.9. The van der Waals surface area contributed by atoms with E-state index >= 15 is 0 Å². The van der Waals surface area contributed by atoms with Crippen LogP contribution in [0.5, 0.6) is 0 Å². The lowest BCUT2D eigenvalue weighted by molar-refractivity contribution is 0.584. The molecule has 0 aromatic heterocycles. The Kier molecular flexibility index (Phi) is 4.00. The van der Waals surface area contributed by atoms with Crippen molar-refractivity contribution in [2.24, 2.45) is 0 Å². The van der Waals surface area contributed by atoms with E-state index in [-0.39, 0.29) is 10.7 Å². The molecule has 100 valence electrons. The summed E-state index contributed by atoms with van der Waals surface area (Å²) in [5.41, 5.74) is 0.334. The summed E-state index contributed by atoms with van der Waals surface area (Å²) in [4.78, 5) is 0. The van der Waals surface area contributed by atoms with E-state index in [0.29, 0.717) is 5.56 Å². The van der Waals surface area contributed by atoms with Crippen molar-refractivity contribution in [3.63, 3.8) is 0 Å². The topological polar surface area (TPSA) is 12.0 Å². The first-order valence-corrected chi connectivity index (χ1v) is 6.02. The van der Waals surface area contributed by atoms with Crippen LogP contribution in [0.15, 0.2) is 36.4 Å². The van der Waals surface area contributed by atoms with Crippen molar-refractivity contribution < 1.29 is 13.2 Å². The minimum absolute atomic E-state index is 0.205. The van der Waals surface area contributed by atoms with Crippen LogP contribution in [0.2, 0.25) is 5.02 Å². The van der Waals surface area contributed by atoms with Gasteiger partial charge in [0.05, 0.1) is 6.04 Å². The maximum absolute atomic E-state index is 13.5. The van der Waals surface area contributed by atoms with E-state index in [1.54, 1.807) is 6.92 Å². The predicted molar refractivity (Wildman–Crippen MR) is 69.8 cm³/mol. The fraction of sp³-hybridized carbons (Fsp3) is 0.143. The highest BCUT2D eigenvalue weighted by molar-refractivity contribution is 6.31. The molecule has 1 unspecified atom stereocenters. The summed E-state index contributed by atoms with van der Waals surface area (Å²) in [6.07, 6.45) is 0. The molecule has 2 rings (SSSR count). The third-order valence-electron chi connectivity index (χ3n) is 2.75. The van der Waals surface area contributed by atoms with Gasteiger partial charge in [-0.1, -0.05) is 23.7 Å². The van der Waals surface area contributed by atoms with Gasteiger partial charge in [0.15, 0.2) is 0 Å². The van der Waals surface area contributed by atoms with E-state index in [9.17, 15) is 13.2 Å². The molecule has 0 amide bonds. The maximum Gasteiger partial charge on any atom is 0.149 e. The minimum atomic E-state index is -0.690. The molecule has 2 aromatic carbocycles. The Bertz CT molecular complexity index is 581. The van der Waals surface area contributed by atoms with Crippen molar-refractivity contribution in [1.29, 1.82) is 0 Å². The normalized spacial score (nSPS) is 12.3. The van der Waals surface area contributed by atoms with Crippen LogP contribution in [-0.2, 0) is 0 Å². The summed E-state index contributed by atoms with van der Waals surface area (Å²) in [6, 6.07) is 7.03. The van der Waals surface area contributed by atoms with Crippen LogP contribution in [0.25, 0.3) is 0 Å². The molecule has 0 aliphatic rings. The molecule has 19 heavy (non-hydrogen) atoms. The van der Waals surface area contributed by atoms with E-state index in [1.165, 1.54) is 18.2 Å². The summed E-state index contributed by atoms with van der Waals surface area (Å²) >= 11 is 5.90. The van der Waals surface area contributed by atoms with Gasteiger partial charge in [-0.15, -0.1) is 0 Å². The summed E-state index contributed by atoms with van der Waals surface area (Å²) in [6.45, 7) is 1.69. The quantitative estimate of drug-likeness (QED) is 0.843. The Labute approximate surface area is 114 Å². The molecular formula is C14H11ClF3N. The monoisotopic (exact) mass is 285 g/mol. The summed E-state index contributed by atoms with van der Waals surface area (Å²) in [5.74, 6) is -1.84. The molecule has 1 N–H and O–H groups in total. The highest BCUT2D eigenvalue weighted by Gasteiger charge is 2.15. The number of para-hydroxylation sites is 1. The molecule has 0 spiro atoms. The van der Waals surface area contributed by atoms with Crippen LogP contribution in [-0.4, -0.2) is 0 Å². The van der Waals surface area contributed by atoms with Crippen molar-refractivity contribution in [2.75, 3.05) is 5.32 Å². The third kappa shape index (κ3) is 3.01. The fourth-order valence-corrected chi connectivity index (χ4v) is 2.11. The average molecular weight is 286 g/mol. The third-order valence-corrected chi connectivity index (χ3v) is 3.08. The second-order valence-electron chi connectivity index (χ2n) is 4.13. The Hall–Kier alpha value is -1.68. The number of rotatable bonds is 3. The van der Waals surface area contributed by atoms with Crippen LogP contribution >= 0.6 is 11.6 Å². The van der Waals surface area contributed by atoms with Gasteiger partial charge in [0.2, 0.25) is 0 Å². The van der Waals surface area contributed by atoms with E-state index in [2.05, 4.69) is 5.32 Å². The number of hydrogen-bond acceptors (Lipinski definition) is 1. The lowest BCUT2D eigenvalue weighted by Crippen LogP contribution is -2.10. The van der Waals surface area contributed by atoms with Crippen LogP contribution in [0, 0.1) is 17.5 Å². The Morgan fingerprint density at radius 2 is 1.68 bits per heavy atom. The summed E-state index contributed by atoms with van der Waals surface area (Å²) in [7, 11) is 0. The SMILES string of the molecule is CC(Nc1c(F)cccc1F)c1ccc(F)cc1Cl. The van der Waals surface area contributed by atoms with E-state index in [1.807, 2.05) is 0 Å². The first-order valence-electron chi connectivity index (χ1n) is 5.64. The van der Waals surface area contributed by atoms with Gasteiger partial charge >= 0.3 is 0 Å². The zero-order chi connectivity index (χ0) is 14.0. The van der Waals surface area contributed by atoms with Crippen molar-refractivity contribution in [3.05, 3.63) is 64.4 Å².